The first-order valence-electron chi connectivity index (χ1n) is 8.57. The van der Waals surface area contributed by atoms with E-state index in [-0.39, 0.29) is 18.4 Å². The number of anilines is 1. The number of carbonyl (C=O) groups is 2. The fourth-order valence-corrected chi connectivity index (χ4v) is 4.25. The summed E-state index contributed by atoms with van der Waals surface area (Å²) in [6, 6.07) is 3.10. The average molecular weight is 363 g/mol. The molecule has 132 valence electrons. The number of hydrogen-bond acceptors (Lipinski definition) is 4. The predicted octanol–water partition coefficient (Wildman–Crippen LogP) is 4.56. The van der Waals surface area contributed by atoms with Gasteiger partial charge in [-0.3, -0.25) is 0 Å². The van der Waals surface area contributed by atoms with Crippen LogP contribution in [0.4, 0.5) is 10.5 Å². The first-order valence-corrected chi connectivity index (χ1v) is 8.95. The van der Waals surface area contributed by atoms with E-state index in [1.54, 1.807) is 19.1 Å². The van der Waals surface area contributed by atoms with Crippen molar-refractivity contribution in [2.45, 2.75) is 44.6 Å². The number of carbonyl (C=O) groups excluding carboxylic acids is 2. The lowest BCUT2D eigenvalue weighted by atomic mass is 9.74. The number of amides is 2. The second kappa shape index (κ2) is 5.95. The lowest BCUT2D eigenvalue weighted by Crippen LogP contribution is -2.52. The van der Waals surface area contributed by atoms with E-state index in [1.165, 1.54) is 0 Å². The first-order chi connectivity index (χ1) is 12.0. The van der Waals surface area contributed by atoms with Crippen LogP contribution in [0.2, 0.25) is 5.02 Å². The van der Waals surface area contributed by atoms with Crippen LogP contribution in [0.1, 0.15) is 55.1 Å². The van der Waals surface area contributed by atoms with Crippen LogP contribution in [0.3, 0.4) is 0 Å². The SMILES string of the molecule is CCOC(=O)c1cc2cc(Cl)c3c(c2o1)C1(CCCCC1)NC(=O)N3. The minimum absolute atomic E-state index is 0.143. The van der Waals surface area contributed by atoms with Crippen molar-refractivity contribution in [2.24, 2.45) is 0 Å². The number of ether oxygens (including phenoxy) is 1. The maximum atomic E-state index is 12.2. The molecule has 0 radical (unpaired) electrons. The Hall–Kier alpha value is -2.21. The van der Waals surface area contributed by atoms with Crippen molar-refractivity contribution in [3.63, 3.8) is 0 Å². The zero-order chi connectivity index (χ0) is 17.6. The summed E-state index contributed by atoms with van der Waals surface area (Å²) >= 11 is 6.44. The average Bonchev–Trinajstić information content (AvgIpc) is 2.99. The molecule has 0 bridgehead atoms. The normalized spacial score (nSPS) is 18.6. The van der Waals surface area contributed by atoms with Crippen molar-refractivity contribution in [3.05, 3.63) is 28.5 Å². The van der Waals surface area contributed by atoms with Crippen molar-refractivity contribution in [1.82, 2.24) is 5.32 Å². The molecule has 2 aliphatic rings. The van der Waals surface area contributed by atoms with Gasteiger partial charge in [0.2, 0.25) is 5.76 Å². The van der Waals surface area contributed by atoms with Crippen LogP contribution in [-0.4, -0.2) is 18.6 Å². The Kier molecular flexibility index (Phi) is 3.87. The van der Waals surface area contributed by atoms with Gasteiger partial charge in [0, 0.05) is 10.9 Å². The molecule has 7 heteroatoms. The second-order valence-electron chi connectivity index (χ2n) is 6.58. The fourth-order valence-electron chi connectivity index (χ4n) is 3.99. The molecular weight excluding hydrogens is 344 g/mol. The minimum atomic E-state index is -0.511. The molecule has 2 amide bonds. The molecule has 4 rings (SSSR count). The number of furan rings is 1. The lowest BCUT2D eigenvalue weighted by molar-refractivity contribution is 0.0492. The third kappa shape index (κ3) is 2.56. The van der Waals surface area contributed by atoms with Gasteiger partial charge in [-0.25, -0.2) is 9.59 Å². The van der Waals surface area contributed by atoms with Crippen molar-refractivity contribution in [2.75, 3.05) is 11.9 Å². The lowest BCUT2D eigenvalue weighted by Gasteiger charge is -2.42. The van der Waals surface area contributed by atoms with Crippen molar-refractivity contribution < 1.29 is 18.7 Å². The maximum absolute atomic E-state index is 12.2. The van der Waals surface area contributed by atoms with Crippen molar-refractivity contribution >= 4 is 40.3 Å². The van der Waals surface area contributed by atoms with E-state index in [2.05, 4.69) is 10.6 Å². The topological polar surface area (TPSA) is 80.6 Å². The largest absolute Gasteiger partial charge is 0.460 e. The third-order valence-corrected chi connectivity index (χ3v) is 5.31. The molecule has 2 aromatic rings. The number of hydrogen-bond donors (Lipinski definition) is 2. The monoisotopic (exact) mass is 362 g/mol. The summed E-state index contributed by atoms with van der Waals surface area (Å²) in [4.78, 5) is 24.3. The van der Waals surface area contributed by atoms with E-state index in [0.29, 0.717) is 16.3 Å². The molecule has 1 aromatic carbocycles. The highest BCUT2D eigenvalue weighted by Gasteiger charge is 2.43. The number of urea groups is 1. The molecule has 0 saturated heterocycles. The summed E-state index contributed by atoms with van der Waals surface area (Å²) in [6.45, 7) is 2.02. The predicted molar refractivity (Wildman–Crippen MR) is 94.1 cm³/mol. The summed E-state index contributed by atoms with van der Waals surface area (Å²) in [6.07, 6.45) is 4.80. The first kappa shape index (κ1) is 16.3. The van der Waals surface area contributed by atoms with Crippen LogP contribution in [0.15, 0.2) is 16.5 Å². The molecule has 0 unspecified atom stereocenters. The Labute approximate surface area is 149 Å². The minimum Gasteiger partial charge on any atom is -0.460 e. The van der Waals surface area contributed by atoms with Gasteiger partial charge in [-0.15, -0.1) is 0 Å². The summed E-state index contributed by atoms with van der Waals surface area (Å²) in [5, 5.41) is 7.06. The van der Waals surface area contributed by atoms with Gasteiger partial charge in [0.05, 0.1) is 22.9 Å². The fraction of sp³-hybridized carbons (Fsp3) is 0.444. The number of esters is 1. The van der Waals surface area contributed by atoms with E-state index < -0.39 is 11.5 Å². The van der Waals surface area contributed by atoms with Gasteiger partial charge in [0.25, 0.3) is 0 Å². The Bertz CT molecular complexity index is 868. The van der Waals surface area contributed by atoms with Gasteiger partial charge in [0.15, 0.2) is 0 Å². The summed E-state index contributed by atoms with van der Waals surface area (Å²) in [5.41, 5.74) is 1.48. The van der Waals surface area contributed by atoms with Crippen molar-refractivity contribution in [3.8, 4) is 0 Å². The van der Waals surface area contributed by atoms with Crippen LogP contribution in [0.5, 0.6) is 0 Å². The summed E-state index contributed by atoms with van der Waals surface area (Å²) in [7, 11) is 0. The van der Waals surface area contributed by atoms with Crippen LogP contribution in [0, 0.1) is 0 Å². The maximum Gasteiger partial charge on any atom is 0.374 e. The molecular formula is C18H19ClN2O4. The molecule has 2 N–H and O–H groups in total. The van der Waals surface area contributed by atoms with Gasteiger partial charge < -0.3 is 19.8 Å². The van der Waals surface area contributed by atoms with Crippen LogP contribution in [0.25, 0.3) is 11.0 Å². The third-order valence-electron chi connectivity index (χ3n) is 5.01. The van der Waals surface area contributed by atoms with E-state index in [4.69, 9.17) is 20.8 Å². The number of nitrogens with one attached hydrogen (secondary N) is 2. The summed E-state index contributed by atoms with van der Waals surface area (Å²) < 4.78 is 10.9. The second-order valence-corrected chi connectivity index (χ2v) is 6.99. The standard InChI is InChI=1S/C18H19ClN2O4/c1-2-24-16(22)12-9-10-8-11(19)14-13(15(10)25-12)18(21-17(23)20-14)6-4-3-5-7-18/h8-9H,2-7H2,1H3,(H2,20,21,23). The molecule has 1 spiro atoms. The van der Waals surface area contributed by atoms with Gasteiger partial charge in [-0.05, 0) is 31.9 Å². The smallest absolute Gasteiger partial charge is 0.374 e. The van der Waals surface area contributed by atoms with Crippen LogP contribution in [-0.2, 0) is 10.3 Å². The Morgan fingerprint density at radius 2 is 2.08 bits per heavy atom. The van der Waals surface area contributed by atoms with Gasteiger partial charge in [-0.2, -0.15) is 0 Å². The van der Waals surface area contributed by atoms with Gasteiger partial charge in [0.1, 0.15) is 5.58 Å². The molecule has 1 aliphatic carbocycles. The Balaban J connectivity index is 1.95. The van der Waals surface area contributed by atoms with Crippen LogP contribution >= 0.6 is 11.6 Å². The molecule has 0 atom stereocenters. The molecule has 1 fully saturated rings. The summed E-state index contributed by atoms with van der Waals surface area (Å²) in [5.74, 6) is -0.363. The van der Waals surface area contributed by atoms with Gasteiger partial charge >= 0.3 is 12.0 Å². The van der Waals surface area contributed by atoms with Crippen molar-refractivity contribution in [1.29, 1.82) is 0 Å². The van der Waals surface area contributed by atoms with Gasteiger partial charge in [-0.1, -0.05) is 30.9 Å². The molecule has 1 aliphatic heterocycles. The van der Waals surface area contributed by atoms with E-state index in [0.717, 1.165) is 43.1 Å². The number of halogens is 1. The highest BCUT2D eigenvalue weighted by atomic mass is 35.5. The Morgan fingerprint density at radius 1 is 1.32 bits per heavy atom. The number of benzene rings is 1. The quantitative estimate of drug-likeness (QED) is 0.767. The molecule has 1 aromatic heterocycles. The highest BCUT2D eigenvalue weighted by molar-refractivity contribution is 6.35. The number of rotatable bonds is 2. The molecule has 1 saturated carbocycles. The van der Waals surface area contributed by atoms with Crippen LogP contribution < -0.4 is 10.6 Å². The van der Waals surface area contributed by atoms with E-state index in [1.807, 2.05) is 0 Å². The molecule has 25 heavy (non-hydrogen) atoms. The highest BCUT2D eigenvalue weighted by Crippen LogP contribution is 2.48. The molecule has 6 nitrogen and oxygen atoms in total. The Morgan fingerprint density at radius 3 is 2.80 bits per heavy atom. The number of fused-ring (bicyclic) bond motifs is 4. The van der Waals surface area contributed by atoms with E-state index >= 15 is 0 Å². The zero-order valence-electron chi connectivity index (χ0n) is 13.9. The molecule has 2 heterocycles. The van der Waals surface area contributed by atoms with E-state index in [9.17, 15) is 9.59 Å². The zero-order valence-corrected chi connectivity index (χ0v) is 14.7.